The van der Waals surface area contributed by atoms with Crippen molar-refractivity contribution in [3.8, 4) is 11.8 Å². The van der Waals surface area contributed by atoms with Crippen LogP contribution in [0.25, 0.3) is 0 Å². The maximum Gasteiger partial charge on any atom is 0.205 e. The molecule has 1 aliphatic rings. The van der Waals surface area contributed by atoms with E-state index in [9.17, 15) is 5.26 Å². The molecule has 3 rings (SSSR count). The lowest BCUT2D eigenvalue weighted by Crippen LogP contribution is -2.21. The Morgan fingerprint density at radius 3 is 2.68 bits per heavy atom. The molecule has 112 valence electrons. The van der Waals surface area contributed by atoms with Gasteiger partial charge in [0.25, 0.3) is 0 Å². The molecule has 0 amide bonds. The van der Waals surface area contributed by atoms with Crippen molar-refractivity contribution in [2.24, 2.45) is 5.73 Å². The van der Waals surface area contributed by atoms with Crippen molar-refractivity contribution in [3.05, 3.63) is 56.6 Å². The van der Waals surface area contributed by atoms with Gasteiger partial charge < -0.3 is 15.4 Å². The number of benzene rings is 1. The molecule has 2 N–H and O–H groups in total. The number of thiophene rings is 1. The molecule has 0 saturated heterocycles. The molecule has 1 aromatic heterocycles. The molecule has 1 aromatic carbocycles. The molecule has 0 radical (unpaired) electrons. The van der Waals surface area contributed by atoms with Crippen LogP contribution in [0.5, 0.6) is 5.75 Å². The summed E-state index contributed by atoms with van der Waals surface area (Å²) in [6.45, 7) is 0. The predicted octanol–water partition coefficient (Wildman–Crippen LogP) is 3.69. The molecule has 1 aliphatic heterocycles. The Labute approximate surface area is 138 Å². The van der Waals surface area contributed by atoms with Crippen LogP contribution in [0.3, 0.4) is 0 Å². The van der Waals surface area contributed by atoms with Crippen LogP contribution in [0.15, 0.2) is 41.8 Å². The van der Waals surface area contributed by atoms with Crippen molar-refractivity contribution in [1.29, 1.82) is 5.26 Å². The third-order valence-corrected chi connectivity index (χ3v) is 4.89. The standard InChI is InChI=1S/C16H14ClN3OS/c1-20(2)9-3-4-10-12(7-9)21-16(19)11(8-18)15(10)13-5-6-14(17)22-13/h3-7,15H,19H2,1-2H3. The Morgan fingerprint density at radius 1 is 1.32 bits per heavy atom. The van der Waals surface area contributed by atoms with Crippen molar-refractivity contribution in [2.45, 2.75) is 5.92 Å². The second-order valence-corrected chi connectivity index (χ2v) is 6.93. The zero-order chi connectivity index (χ0) is 15.9. The Morgan fingerprint density at radius 2 is 2.09 bits per heavy atom. The average molecular weight is 332 g/mol. The van der Waals surface area contributed by atoms with Crippen molar-refractivity contribution in [3.63, 3.8) is 0 Å². The normalized spacial score (nSPS) is 16.7. The molecule has 2 aromatic rings. The van der Waals surface area contributed by atoms with E-state index in [1.54, 1.807) is 0 Å². The summed E-state index contributed by atoms with van der Waals surface area (Å²) in [5.74, 6) is 0.597. The zero-order valence-corrected chi connectivity index (χ0v) is 13.7. The van der Waals surface area contributed by atoms with E-state index in [1.807, 2.05) is 49.3 Å². The number of allylic oxidation sites excluding steroid dienone is 1. The van der Waals surface area contributed by atoms with Crippen LogP contribution in [-0.4, -0.2) is 14.1 Å². The summed E-state index contributed by atoms with van der Waals surface area (Å²) in [6, 6.07) is 11.8. The van der Waals surface area contributed by atoms with E-state index in [0.29, 0.717) is 15.7 Å². The molecule has 0 fully saturated rings. The molecule has 2 heterocycles. The van der Waals surface area contributed by atoms with Crippen molar-refractivity contribution in [1.82, 2.24) is 0 Å². The smallest absolute Gasteiger partial charge is 0.205 e. The fraction of sp³-hybridized carbons (Fsp3) is 0.188. The fourth-order valence-electron chi connectivity index (χ4n) is 2.50. The first-order valence-electron chi connectivity index (χ1n) is 6.65. The Bertz CT molecular complexity index is 804. The van der Waals surface area contributed by atoms with Crippen LogP contribution in [0.2, 0.25) is 4.34 Å². The van der Waals surface area contributed by atoms with Crippen LogP contribution in [0.4, 0.5) is 5.69 Å². The second-order valence-electron chi connectivity index (χ2n) is 5.18. The van der Waals surface area contributed by atoms with Gasteiger partial charge in [-0.05, 0) is 18.2 Å². The van der Waals surface area contributed by atoms with Crippen molar-refractivity contribution >= 4 is 28.6 Å². The highest BCUT2D eigenvalue weighted by molar-refractivity contribution is 7.16. The average Bonchev–Trinajstić information content (AvgIpc) is 2.91. The lowest BCUT2D eigenvalue weighted by molar-refractivity contribution is 0.394. The van der Waals surface area contributed by atoms with E-state index in [4.69, 9.17) is 22.1 Å². The minimum absolute atomic E-state index is 0.153. The molecule has 1 atom stereocenters. The summed E-state index contributed by atoms with van der Waals surface area (Å²) < 4.78 is 6.35. The number of fused-ring (bicyclic) bond motifs is 1. The SMILES string of the molecule is CN(C)c1ccc2c(c1)OC(N)=C(C#N)C2c1ccc(Cl)s1. The van der Waals surface area contributed by atoms with Gasteiger partial charge in [-0.3, -0.25) is 0 Å². The van der Waals surface area contributed by atoms with Crippen molar-refractivity contribution in [2.75, 3.05) is 19.0 Å². The van der Waals surface area contributed by atoms with Crippen molar-refractivity contribution < 1.29 is 4.74 Å². The number of anilines is 1. The van der Waals surface area contributed by atoms with Crippen LogP contribution in [0.1, 0.15) is 16.4 Å². The fourth-order valence-corrected chi connectivity index (χ4v) is 3.69. The van der Waals surface area contributed by atoms with Gasteiger partial charge in [0.05, 0.1) is 10.3 Å². The number of ether oxygens (including phenoxy) is 1. The monoisotopic (exact) mass is 331 g/mol. The number of hydrogen-bond acceptors (Lipinski definition) is 5. The van der Waals surface area contributed by atoms with Gasteiger partial charge in [-0.25, -0.2) is 0 Å². The molecule has 0 aliphatic carbocycles. The van der Waals surface area contributed by atoms with Crippen LogP contribution in [-0.2, 0) is 0 Å². The van der Waals surface area contributed by atoms with Gasteiger partial charge in [0.1, 0.15) is 17.4 Å². The predicted molar refractivity (Wildman–Crippen MR) is 89.4 cm³/mol. The zero-order valence-electron chi connectivity index (χ0n) is 12.1. The highest BCUT2D eigenvalue weighted by Gasteiger charge is 2.31. The first-order chi connectivity index (χ1) is 10.5. The van der Waals surface area contributed by atoms with Crippen LogP contribution >= 0.6 is 22.9 Å². The molecule has 6 heteroatoms. The minimum Gasteiger partial charge on any atom is -0.440 e. The van der Waals surface area contributed by atoms with Crippen LogP contribution in [0, 0.1) is 11.3 Å². The number of nitrogens with zero attached hydrogens (tertiary/aromatic N) is 2. The lowest BCUT2D eigenvalue weighted by Gasteiger charge is -2.26. The largest absolute Gasteiger partial charge is 0.440 e. The summed E-state index contributed by atoms with van der Waals surface area (Å²) in [6.07, 6.45) is 0. The van der Waals surface area contributed by atoms with E-state index in [0.717, 1.165) is 16.1 Å². The van der Waals surface area contributed by atoms with Crippen LogP contribution < -0.4 is 15.4 Å². The number of rotatable bonds is 2. The third kappa shape index (κ3) is 2.41. The van der Waals surface area contributed by atoms with Gasteiger partial charge >= 0.3 is 0 Å². The summed E-state index contributed by atoms with van der Waals surface area (Å²) in [5, 5.41) is 9.46. The molecule has 0 bridgehead atoms. The maximum absolute atomic E-state index is 9.46. The van der Waals surface area contributed by atoms with Gasteiger partial charge in [-0.15, -0.1) is 11.3 Å². The van der Waals surface area contributed by atoms with Gasteiger partial charge in [0, 0.05) is 36.3 Å². The molecular weight excluding hydrogens is 318 g/mol. The van der Waals surface area contributed by atoms with E-state index in [2.05, 4.69) is 6.07 Å². The quantitative estimate of drug-likeness (QED) is 0.911. The summed E-state index contributed by atoms with van der Waals surface area (Å²) in [5.41, 5.74) is 8.31. The van der Waals surface area contributed by atoms with Gasteiger partial charge in [0.15, 0.2) is 0 Å². The van der Waals surface area contributed by atoms with Gasteiger partial charge in [-0.2, -0.15) is 5.26 Å². The summed E-state index contributed by atoms with van der Waals surface area (Å²) >= 11 is 7.50. The second kappa shape index (κ2) is 5.56. The third-order valence-electron chi connectivity index (χ3n) is 3.60. The number of nitriles is 1. The Hall–Kier alpha value is -2.16. The van der Waals surface area contributed by atoms with Gasteiger partial charge in [0.2, 0.25) is 5.88 Å². The molecule has 1 unspecified atom stereocenters. The molecular formula is C16H14ClN3OS. The maximum atomic E-state index is 9.46. The first-order valence-corrected chi connectivity index (χ1v) is 7.84. The molecule has 0 spiro atoms. The van der Waals surface area contributed by atoms with Gasteiger partial charge in [-0.1, -0.05) is 17.7 Å². The molecule has 0 saturated carbocycles. The van der Waals surface area contributed by atoms with E-state index >= 15 is 0 Å². The Kier molecular flexibility index (Phi) is 3.73. The Balaban J connectivity index is 2.18. The summed E-state index contributed by atoms with van der Waals surface area (Å²) in [4.78, 5) is 2.96. The number of hydrogen-bond donors (Lipinski definition) is 1. The number of halogens is 1. The van der Waals surface area contributed by atoms with E-state index in [-0.39, 0.29) is 11.8 Å². The molecule has 4 nitrogen and oxygen atoms in total. The highest BCUT2D eigenvalue weighted by atomic mass is 35.5. The topological polar surface area (TPSA) is 62.3 Å². The number of nitrogens with two attached hydrogens (primary N) is 1. The first kappa shape index (κ1) is 14.8. The lowest BCUT2D eigenvalue weighted by atomic mass is 9.88. The molecule has 22 heavy (non-hydrogen) atoms. The van der Waals surface area contributed by atoms with E-state index in [1.165, 1.54) is 11.3 Å². The summed E-state index contributed by atoms with van der Waals surface area (Å²) in [7, 11) is 3.92. The minimum atomic E-state index is -0.234. The van der Waals surface area contributed by atoms with E-state index < -0.39 is 0 Å². The highest BCUT2D eigenvalue weighted by Crippen LogP contribution is 2.45.